The van der Waals surface area contributed by atoms with E-state index in [2.05, 4.69) is 6.92 Å². The molecular weight excluding hydrogens is 168 g/mol. The standard InChI is InChI=1S/C6H11.C6H13.Mg/c1-2-4-6-5-3-1;1-3-5-6-4-2;/h1H,2-6H2;1,3-6H2,2H3;. The van der Waals surface area contributed by atoms with Crippen LogP contribution in [0, 0.1) is 0 Å². The van der Waals surface area contributed by atoms with Crippen molar-refractivity contribution in [3.8, 4) is 0 Å². The Bertz CT molecular complexity index is 106. The van der Waals surface area contributed by atoms with Crippen molar-refractivity contribution in [3.05, 3.63) is 0 Å². The molecule has 74 valence electrons. The second-order valence-corrected chi connectivity index (χ2v) is 7.15. The molecule has 0 atom stereocenters. The lowest BCUT2D eigenvalue weighted by molar-refractivity contribution is 0.499. The van der Waals surface area contributed by atoms with Crippen LogP contribution in [0.1, 0.15) is 64.7 Å². The number of hydrogen-bond donors (Lipinski definition) is 0. The van der Waals surface area contributed by atoms with Gasteiger partial charge in [-0.15, -0.1) is 8.60 Å². The van der Waals surface area contributed by atoms with Crippen molar-refractivity contribution in [2.75, 3.05) is 0 Å². The fourth-order valence-corrected chi connectivity index (χ4v) is 4.89. The second-order valence-electron chi connectivity index (χ2n) is 4.71. The molecule has 0 heterocycles. The van der Waals surface area contributed by atoms with E-state index in [0.717, 1.165) is 0 Å². The molecule has 0 amide bonds. The first-order chi connectivity index (χ1) is 6.43. The van der Waals surface area contributed by atoms with Gasteiger partial charge in [0.05, 0.1) is 0 Å². The Morgan fingerprint density at radius 2 is 1.77 bits per heavy atom. The Morgan fingerprint density at radius 1 is 1.00 bits per heavy atom. The summed E-state index contributed by atoms with van der Waals surface area (Å²) in [5.41, 5.74) is 0. The van der Waals surface area contributed by atoms with Gasteiger partial charge in [-0.2, -0.15) is 0 Å². The topological polar surface area (TPSA) is 0 Å². The van der Waals surface area contributed by atoms with Crippen molar-refractivity contribution in [3.63, 3.8) is 0 Å². The van der Waals surface area contributed by atoms with E-state index in [4.69, 9.17) is 0 Å². The zero-order valence-electron chi connectivity index (χ0n) is 9.36. The molecule has 0 aromatic carbocycles. The third kappa shape index (κ3) is 5.95. The predicted octanol–water partition coefficient (Wildman–Crippen LogP) is 4.44. The molecule has 0 aliphatic heterocycles. The van der Waals surface area contributed by atoms with Crippen LogP contribution in [0.3, 0.4) is 0 Å². The lowest BCUT2D eigenvalue weighted by Crippen LogP contribution is -2.07. The van der Waals surface area contributed by atoms with Gasteiger partial charge in [-0.3, -0.25) is 0 Å². The molecule has 1 fully saturated rings. The lowest BCUT2D eigenvalue weighted by Gasteiger charge is -2.20. The molecule has 1 saturated carbocycles. The van der Waals surface area contributed by atoms with Crippen LogP contribution in [0.5, 0.6) is 0 Å². The van der Waals surface area contributed by atoms with E-state index in [1.807, 2.05) is 0 Å². The Balaban J connectivity index is 1.86. The Morgan fingerprint density at radius 3 is 2.46 bits per heavy atom. The van der Waals surface area contributed by atoms with Crippen LogP contribution in [0.15, 0.2) is 0 Å². The summed E-state index contributed by atoms with van der Waals surface area (Å²) in [6, 6.07) is 0. The third-order valence-electron chi connectivity index (χ3n) is 3.44. The van der Waals surface area contributed by atoms with Gasteiger partial charge < -0.3 is 0 Å². The van der Waals surface area contributed by atoms with Crippen molar-refractivity contribution >= 4 is 20.4 Å². The maximum absolute atomic E-state index is 2.30. The van der Waals surface area contributed by atoms with Gasteiger partial charge in [0.25, 0.3) is 0 Å². The predicted molar refractivity (Wildman–Crippen MR) is 61.5 cm³/mol. The summed E-state index contributed by atoms with van der Waals surface area (Å²) >= 11 is 0.338. The third-order valence-corrected chi connectivity index (χ3v) is 5.98. The zero-order chi connectivity index (χ0) is 9.36. The van der Waals surface area contributed by atoms with Crippen LogP contribution in [0.2, 0.25) is 8.60 Å². The molecule has 0 N–H and O–H groups in total. The molecule has 1 aliphatic rings. The fraction of sp³-hybridized carbons (Fsp3) is 1.00. The highest BCUT2D eigenvalue weighted by molar-refractivity contribution is 6.37. The van der Waals surface area contributed by atoms with E-state index in [9.17, 15) is 0 Å². The second kappa shape index (κ2) is 8.11. The van der Waals surface area contributed by atoms with Gasteiger partial charge >= 0.3 is 20.4 Å². The highest BCUT2D eigenvalue weighted by Crippen LogP contribution is 2.28. The number of unbranched alkanes of at least 4 members (excludes halogenated alkanes) is 3. The monoisotopic (exact) mass is 192 g/mol. The first-order valence-corrected chi connectivity index (χ1v) is 8.25. The molecule has 0 aromatic heterocycles. The Kier molecular flexibility index (Phi) is 7.38. The maximum atomic E-state index is 2.30. The first-order valence-electron chi connectivity index (χ1n) is 6.43. The molecule has 0 saturated heterocycles. The van der Waals surface area contributed by atoms with Crippen LogP contribution in [-0.2, 0) is 0 Å². The van der Waals surface area contributed by atoms with Gasteiger partial charge in [0, 0.05) is 0 Å². The van der Waals surface area contributed by atoms with Gasteiger partial charge in [0.2, 0.25) is 0 Å². The number of rotatable bonds is 6. The fourth-order valence-electron chi connectivity index (χ4n) is 2.51. The van der Waals surface area contributed by atoms with Crippen molar-refractivity contribution in [2.45, 2.75) is 73.3 Å². The Labute approximate surface area is 93.6 Å². The van der Waals surface area contributed by atoms with Crippen LogP contribution in [0.25, 0.3) is 0 Å². The van der Waals surface area contributed by atoms with Crippen molar-refractivity contribution in [2.24, 2.45) is 0 Å². The minimum Gasteiger partial charge on any atom is -0.145 e. The summed E-state index contributed by atoms with van der Waals surface area (Å²) in [6.45, 7) is 2.30. The van der Waals surface area contributed by atoms with Gasteiger partial charge in [-0.25, -0.2) is 0 Å². The van der Waals surface area contributed by atoms with Gasteiger partial charge in [0.1, 0.15) is 0 Å². The average Bonchev–Trinajstić information content (AvgIpc) is 2.19. The SMILES string of the molecule is CCCCC[CH2][Mg][CH]1CCCCC1. The molecule has 0 bridgehead atoms. The van der Waals surface area contributed by atoms with E-state index in [1.165, 1.54) is 29.7 Å². The van der Waals surface area contributed by atoms with Crippen LogP contribution >= 0.6 is 0 Å². The van der Waals surface area contributed by atoms with E-state index in [1.54, 1.807) is 36.7 Å². The van der Waals surface area contributed by atoms with E-state index in [-0.39, 0.29) is 0 Å². The van der Waals surface area contributed by atoms with Crippen molar-refractivity contribution in [1.29, 1.82) is 0 Å². The minimum atomic E-state index is 0.338. The number of hydrogen-bond acceptors (Lipinski definition) is 0. The zero-order valence-corrected chi connectivity index (χ0v) is 10.8. The molecule has 0 nitrogen and oxygen atoms in total. The smallest absolute Gasteiger partial charge is 0.145 e. The van der Waals surface area contributed by atoms with Crippen molar-refractivity contribution in [1.82, 2.24) is 0 Å². The van der Waals surface area contributed by atoms with Crippen LogP contribution < -0.4 is 0 Å². The highest BCUT2D eigenvalue weighted by atomic mass is 24.5. The van der Waals surface area contributed by atoms with E-state index >= 15 is 0 Å². The molecular formula is C12H24Mg. The average molecular weight is 193 g/mol. The normalized spacial score (nSPS) is 18.5. The van der Waals surface area contributed by atoms with Crippen LogP contribution in [-0.4, -0.2) is 20.4 Å². The molecule has 1 rings (SSSR count). The van der Waals surface area contributed by atoms with E-state index in [0.29, 0.717) is 20.4 Å². The molecule has 1 heteroatoms. The summed E-state index contributed by atoms with van der Waals surface area (Å²) in [6.07, 6.45) is 13.7. The largest absolute Gasteiger partial charge is 0.368 e. The summed E-state index contributed by atoms with van der Waals surface area (Å²) in [5.74, 6) is 0. The first kappa shape index (κ1) is 11.8. The summed E-state index contributed by atoms with van der Waals surface area (Å²) in [5, 5.41) is 0. The summed E-state index contributed by atoms with van der Waals surface area (Å²) in [7, 11) is 0. The van der Waals surface area contributed by atoms with Gasteiger partial charge in [-0.05, 0) is 0 Å². The van der Waals surface area contributed by atoms with Gasteiger partial charge in [-0.1, -0.05) is 64.7 Å². The van der Waals surface area contributed by atoms with Crippen molar-refractivity contribution < 1.29 is 0 Å². The molecule has 0 aromatic rings. The summed E-state index contributed by atoms with van der Waals surface area (Å²) in [4.78, 5) is 0. The molecule has 1 aliphatic carbocycles. The Hall–Kier alpha value is 0.766. The molecule has 13 heavy (non-hydrogen) atoms. The molecule has 0 radical (unpaired) electrons. The molecule has 0 spiro atoms. The van der Waals surface area contributed by atoms with Gasteiger partial charge in [0.15, 0.2) is 0 Å². The minimum absolute atomic E-state index is 0.338. The quantitative estimate of drug-likeness (QED) is 0.431. The molecule has 0 unspecified atom stereocenters. The van der Waals surface area contributed by atoms with E-state index < -0.39 is 0 Å². The lowest BCUT2D eigenvalue weighted by atomic mass is 10.00. The van der Waals surface area contributed by atoms with Crippen LogP contribution in [0.4, 0.5) is 0 Å². The maximum Gasteiger partial charge on any atom is 0.368 e. The highest BCUT2D eigenvalue weighted by Gasteiger charge is 2.14. The summed E-state index contributed by atoms with van der Waals surface area (Å²) < 4.78 is 2.89.